The summed E-state index contributed by atoms with van der Waals surface area (Å²) in [5, 5.41) is -0.138. The van der Waals surface area contributed by atoms with Gasteiger partial charge in [0.2, 0.25) is 10.0 Å². The van der Waals surface area contributed by atoms with Crippen molar-refractivity contribution in [3.8, 4) is 0 Å². The predicted octanol–water partition coefficient (Wildman–Crippen LogP) is 2.35. The van der Waals surface area contributed by atoms with E-state index in [0.29, 0.717) is 0 Å². The first-order chi connectivity index (χ1) is 9.49. The predicted molar refractivity (Wildman–Crippen MR) is 77.0 cm³/mol. The molecule has 0 spiro atoms. The van der Waals surface area contributed by atoms with E-state index in [1.807, 2.05) is 0 Å². The fourth-order valence-corrected chi connectivity index (χ4v) is 3.50. The summed E-state index contributed by atoms with van der Waals surface area (Å²) < 4.78 is 44.7. The fraction of sp³-hybridized carbons (Fsp3) is 0.462. The van der Waals surface area contributed by atoms with Crippen LogP contribution in [0.15, 0.2) is 23.1 Å². The number of sulfonamides is 1. The van der Waals surface area contributed by atoms with Crippen molar-refractivity contribution in [2.75, 3.05) is 7.11 Å². The molecule has 118 valence electrons. The van der Waals surface area contributed by atoms with Crippen molar-refractivity contribution in [2.24, 2.45) is 5.41 Å². The quantitative estimate of drug-likeness (QED) is 0.856. The lowest BCUT2D eigenvalue weighted by Gasteiger charge is -2.28. The number of esters is 1. The molecule has 0 aliphatic rings. The number of methoxy groups -OCH3 is 1. The SMILES string of the molecule is COC(=O)C(NS(=O)(=O)c1cc(F)ccc1Cl)C(C)(C)C. The fourth-order valence-electron chi connectivity index (χ4n) is 1.60. The largest absolute Gasteiger partial charge is 0.468 e. The molecule has 1 unspecified atom stereocenters. The smallest absolute Gasteiger partial charge is 0.324 e. The number of carbonyl (C=O) groups excluding carboxylic acids is 1. The number of halogens is 2. The van der Waals surface area contributed by atoms with Crippen LogP contribution in [0.25, 0.3) is 0 Å². The molecule has 21 heavy (non-hydrogen) atoms. The normalized spacial score (nSPS) is 13.8. The van der Waals surface area contributed by atoms with Gasteiger partial charge in [0.25, 0.3) is 0 Å². The van der Waals surface area contributed by atoms with E-state index < -0.39 is 38.2 Å². The lowest BCUT2D eigenvalue weighted by molar-refractivity contribution is -0.145. The molecule has 0 aliphatic heterocycles. The van der Waals surface area contributed by atoms with Crippen molar-refractivity contribution in [1.29, 1.82) is 0 Å². The molecule has 0 saturated heterocycles. The van der Waals surface area contributed by atoms with Crippen molar-refractivity contribution in [3.63, 3.8) is 0 Å². The Morgan fingerprint density at radius 3 is 2.43 bits per heavy atom. The molecule has 0 aromatic heterocycles. The second kappa shape index (κ2) is 6.29. The molecule has 0 radical (unpaired) electrons. The Morgan fingerprint density at radius 1 is 1.38 bits per heavy atom. The highest BCUT2D eigenvalue weighted by molar-refractivity contribution is 7.89. The highest BCUT2D eigenvalue weighted by atomic mass is 35.5. The Morgan fingerprint density at radius 2 is 1.95 bits per heavy atom. The number of hydrogen-bond acceptors (Lipinski definition) is 4. The van der Waals surface area contributed by atoms with E-state index >= 15 is 0 Å². The standard InChI is InChI=1S/C13H17ClFNO4S/c1-13(2,3)11(12(17)20-4)16-21(18,19)10-7-8(15)5-6-9(10)14/h5-7,11,16H,1-4H3. The lowest BCUT2D eigenvalue weighted by atomic mass is 9.87. The molecular formula is C13H17ClFNO4S. The third-order valence-electron chi connectivity index (χ3n) is 2.76. The maximum absolute atomic E-state index is 13.2. The van der Waals surface area contributed by atoms with Crippen molar-refractivity contribution >= 4 is 27.6 Å². The molecule has 1 aromatic carbocycles. The molecule has 5 nitrogen and oxygen atoms in total. The zero-order valence-electron chi connectivity index (χ0n) is 12.1. The molecule has 1 N–H and O–H groups in total. The number of ether oxygens (including phenoxy) is 1. The van der Waals surface area contributed by atoms with Crippen LogP contribution >= 0.6 is 11.6 Å². The van der Waals surface area contributed by atoms with Crippen LogP contribution in [-0.4, -0.2) is 27.5 Å². The molecular weight excluding hydrogens is 321 g/mol. The average molecular weight is 338 g/mol. The summed E-state index contributed by atoms with van der Waals surface area (Å²) in [7, 11) is -3.02. The Labute approximate surface area is 128 Å². The van der Waals surface area contributed by atoms with E-state index in [2.05, 4.69) is 9.46 Å². The summed E-state index contributed by atoms with van der Waals surface area (Å²) in [6, 6.07) is 1.84. The van der Waals surface area contributed by atoms with E-state index in [0.717, 1.165) is 25.3 Å². The first kappa shape index (κ1) is 17.9. The molecule has 1 rings (SSSR count). The van der Waals surface area contributed by atoms with Crippen LogP contribution < -0.4 is 4.72 Å². The third-order valence-corrected chi connectivity index (χ3v) is 4.66. The van der Waals surface area contributed by atoms with E-state index in [1.54, 1.807) is 20.8 Å². The maximum Gasteiger partial charge on any atom is 0.324 e. The minimum absolute atomic E-state index is 0.138. The Hall–Kier alpha value is -1.18. The lowest BCUT2D eigenvalue weighted by Crippen LogP contribution is -2.49. The van der Waals surface area contributed by atoms with E-state index in [-0.39, 0.29) is 5.02 Å². The van der Waals surface area contributed by atoms with Gasteiger partial charge in [0.05, 0.1) is 12.1 Å². The molecule has 1 aromatic rings. The number of benzene rings is 1. The van der Waals surface area contributed by atoms with Gasteiger partial charge in [-0.25, -0.2) is 12.8 Å². The highest BCUT2D eigenvalue weighted by Gasteiger charge is 2.36. The number of hydrogen-bond donors (Lipinski definition) is 1. The van der Waals surface area contributed by atoms with Gasteiger partial charge >= 0.3 is 5.97 Å². The van der Waals surface area contributed by atoms with E-state index in [9.17, 15) is 17.6 Å². The van der Waals surface area contributed by atoms with Gasteiger partial charge in [0, 0.05) is 0 Å². The van der Waals surface area contributed by atoms with Crippen molar-refractivity contribution in [3.05, 3.63) is 29.0 Å². The van der Waals surface area contributed by atoms with Crippen LogP contribution in [-0.2, 0) is 19.6 Å². The van der Waals surface area contributed by atoms with Gasteiger partial charge < -0.3 is 4.74 Å². The number of rotatable bonds is 4. The molecule has 0 bridgehead atoms. The van der Waals surface area contributed by atoms with Gasteiger partial charge in [-0.15, -0.1) is 0 Å². The summed E-state index contributed by atoms with van der Waals surface area (Å²) in [4.78, 5) is 11.3. The van der Waals surface area contributed by atoms with Crippen LogP contribution in [0.3, 0.4) is 0 Å². The number of carbonyl (C=O) groups is 1. The monoisotopic (exact) mass is 337 g/mol. The molecule has 0 amide bonds. The van der Waals surface area contributed by atoms with E-state index in [4.69, 9.17) is 11.6 Å². The number of nitrogens with one attached hydrogen (secondary N) is 1. The molecule has 0 heterocycles. The molecule has 0 saturated carbocycles. The third kappa shape index (κ3) is 4.39. The van der Waals surface area contributed by atoms with Gasteiger partial charge in [0.1, 0.15) is 16.8 Å². The van der Waals surface area contributed by atoms with Crippen molar-refractivity contribution in [1.82, 2.24) is 4.72 Å². The summed E-state index contributed by atoms with van der Waals surface area (Å²) >= 11 is 5.79. The van der Waals surface area contributed by atoms with Gasteiger partial charge in [0.15, 0.2) is 0 Å². The first-order valence-corrected chi connectivity index (χ1v) is 7.90. The minimum Gasteiger partial charge on any atom is -0.468 e. The second-order valence-corrected chi connectivity index (χ2v) is 7.61. The van der Waals surface area contributed by atoms with E-state index in [1.165, 1.54) is 0 Å². The van der Waals surface area contributed by atoms with Gasteiger partial charge in [-0.3, -0.25) is 4.79 Å². The molecule has 0 aliphatic carbocycles. The van der Waals surface area contributed by atoms with Crippen LogP contribution in [0.1, 0.15) is 20.8 Å². The highest BCUT2D eigenvalue weighted by Crippen LogP contribution is 2.26. The Balaban J connectivity index is 3.24. The zero-order chi connectivity index (χ0) is 16.4. The van der Waals surface area contributed by atoms with Crippen LogP contribution in [0.5, 0.6) is 0 Å². The summed E-state index contributed by atoms with van der Waals surface area (Å²) in [6.45, 7) is 5.01. The summed E-state index contributed by atoms with van der Waals surface area (Å²) in [6.07, 6.45) is 0. The average Bonchev–Trinajstić information content (AvgIpc) is 2.36. The molecule has 0 fully saturated rings. The Kier molecular flexibility index (Phi) is 5.35. The topological polar surface area (TPSA) is 72.5 Å². The summed E-state index contributed by atoms with van der Waals surface area (Å²) in [5.74, 6) is -1.48. The van der Waals surface area contributed by atoms with Crippen LogP contribution in [0, 0.1) is 11.2 Å². The van der Waals surface area contributed by atoms with Crippen LogP contribution in [0.2, 0.25) is 5.02 Å². The minimum atomic E-state index is -4.17. The zero-order valence-corrected chi connectivity index (χ0v) is 13.7. The first-order valence-electron chi connectivity index (χ1n) is 6.04. The van der Waals surface area contributed by atoms with Crippen molar-refractivity contribution in [2.45, 2.75) is 31.7 Å². The van der Waals surface area contributed by atoms with Gasteiger partial charge in [-0.2, -0.15) is 4.72 Å². The molecule has 1 atom stereocenters. The van der Waals surface area contributed by atoms with Gasteiger partial charge in [-0.1, -0.05) is 32.4 Å². The van der Waals surface area contributed by atoms with Crippen molar-refractivity contribution < 1.29 is 22.3 Å². The summed E-state index contributed by atoms with van der Waals surface area (Å²) in [5.41, 5.74) is -0.736. The maximum atomic E-state index is 13.2. The Bertz CT molecular complexity index is 640. The van der Waals surface area contributed by atoms with Crippen LogP contribution in [0.4, 0.5) is 4.39 Å². The second-order valence-electron chi connectivity index (χ2n) is 5.52. The molecule has 8 heteroatoms. The van der Waals surface area contributed by atoms with Gasteiger partial charge in [-0.05, 0) is 23.6 Å².